The van der Waals surface area contributed by atoms with E-state index in [4.69, 9.17) is 11.6 Å². The van der Waals surface area contributed by atoms with Gasteiger partial charge in [0.1, 0.15) is 4.88 Å². The lowest BCUT2D eigenvalue weighted by Crippen LogP contribution is -2.08. The number of aromatic carboxylic acids is 1. The molecule has 134 valence electrons. The molecule has 1 aromatic heterocycles. The third-order valence-electron chi connectivity index (χ3n) is 3.91. The second kappa shape index (κ2) is 7.23. The lowest BCUT2D eigenvalue weighted by Gasteiger charge is -2.07. The van der Waals surface area contributed by atoms with Crippen molar-refractivity contribution in [1.82, 2.24) is 0 Å². The number of carboxylic acid groups (broad SMARTS) is 1. The Hall–Kier alpha value is -2.15. The molecule has 0 radical (unpaired) electrons. The van der Waals surface area contributed by atoms with Gasteiger partial charge in [0.25, 0.3) is 0 Å². The number of aryl methyl sites for hydroxylation is 1. The van der Waals surface area contributed by atoms with Crippen molar-refractivity contribution in [1.29, 1.82) is 0 Å². The van der Waals surface area contributed by atoms with E-state index in [1.54, 1.807) is 55.5 Å². The molecule has 0 atom stereocenters. The Morgan fingerprint density at radius 1 is 1.12 bits per heavy atom. The van der Waals surface area contributed by atoms with Crippen LogP contribution >= 0.6 is 22.9 Å². The van der Waals surface area contributed by atoms with E-state index in [0.29, 0.717) is 15.5 Å². The van der Waals surface area contributed by atoms with Crippen LogP contribution in [0.25, 0.3) is 10.4 Å². The molecule has 0 unspecified atom stereocenters. The van der Waals surface area contributed by atoms with E-state index in [0.717, 1.165) is 16.9 Å². The molecule has 2 aromatic carbocycles. The molecule has 0 saturated heterocycles. The smallest absolute Gasteiger partial charge is 0.346 e. The molecule has 0 amide bonds. The number of carbonyl (C=O) groups is 1. The van der Waals surface area contributed by atoms with Crippen molar-refractivity contribution in [2.75, 3.05) is 0 Å². The van der Waals surface area contributed by atoms with Gasteiger partial charge >= 0.3 is 5.97 Å². The SMILES string of the molecule is Cc1ccccc1S(=O)(=O)Cc1cc(-c2ccc(Cl)cc2)sc1C(=O)O. The number of carboxylic acids is 1. The lowest BCUT2D eigenvalue weighted by atomic mass is 10.1. The Bertz CT molecular complexity index is 1070. The van der Waals surface area contributed by atoms with Crippen molar-refractivity contribution in [3.63, 3.8) is 0 Å². The molecule has 0 fully saturated rings. The molecule has 0 bridgehead atoms. The van der Waals surface area contributed by atoms with Gasteiger partial charge < -0.3 is 5.11 Å². The lowest BCUT2D eigenvalue weighted by molar-refractivity contribution is 0.0701. The van der Waals surface area contributed by atoms with Crippen LogP contribution in [0.3, 0.4) is 0 Å². The topological polar surface area (TPSA) is 71.4 Å². The summed E-state index contributed by atoms with van der Waals surface area (Å²) in [7, 11) is -3.65. The molecule has 1 heterocycles. The van der Waals surface area contributed by atoms with Crippen LogP contribution in [0.15, 0.2) is 59.5 Å². The van der Waals surface area contributed by atoms with Gasteiger partial charge in [0.05, 0.1) is 10.6 Å². The molecule has 0 saturated carbocycles. The van der Waals surface area contributed by atoms with Gasteiger partial charge in [-0.25, -0.2) is 13.2 Å². The van der Waals surface area contributed by atoms with E-state index in [9.17, 15) is 18.3 Å². The highest BCUT2D eigenvalue weighted by Crippen LogP contribution is 2.34. The van der Waals surface area contributed by atoms with Crippen LogP contribution in [0.4, 0.5) is 0 Å². The van der Waals surface area contributed by atoms with Crippen LogP contribution in [-0.4, -0.2) is 19.5 Å². The number of thiophene rings is 1. The molecule has 0 aliphatic heterocycles. The maximum Gasteiger partial charge on any atom is 0.346 e. The summed E-state index contributed by atoms with van der Waals surface area (Å²) in [5.41, 5.74) is 1.72. The Balaban J connectivity index is 2.03. The molecular weight excluding hydrogens is 392 g/mol. The third-order valence-corrected chi connectivity index (χ3v) is 7.19. The van der Waals surface area contributed by atoms with Gasteiger partial charge in [-0.15, -0.1) is 11.3 Å². The van der Waals surface area contributed by atoms with Gasteiger partial charge in [-0.05, 0) is 47.9 Å². The molecular formula is C19H15ClO4S2. The molecule has 26 heavy (non-hydrogen) atoms. The summed E-state index contributed by atoms with van der Waals surface area (Å²) in [6.07, 6.45) is 0. The minimum atomic E-state index is -3.65. The predicted molar refractivity (Wildman–Crippen MR) is 104 cm³/mol. The summed E-state index contributed by atoms with van der Waals surface area (Å²) in [6.45, 7) is 1.72. The Kier molecular flexibility index (Phi) is 5.18. The molecule has 1 N–H and O–H groups in total. The van der Waals surface area contributed by atoms with Crippen molar-refractivity contribution in [2.24, 2.45) is 0 Å². The van der Waals surface area contributed by atoms with E-state index in [2.05, 4.69) is 0 Å². The van der Waals surface area contributed by atoms with Crippen LogP contribution < -0.4 is 0 Å². The Morgan fingerprint density at radius 2 is 1.77 bits per heavy atom. The standard InChI is InChI=1S/C19H15ClO4S2/c1-12-4-2-3-5-17(12)26(23,24)11-14-10-16(25-18(14)19(21)22)13-6-8-15(20)9-7-13/h2-10H,11H2,1H3,(H,21,22). The average Bonchev–Trinajstić information content (AvgIpc) is 2.99. The maximum atomic E-state index is 12.8. The van der Waals surface area contributed by atoms with Crippen molar-refractivity contribution < 1.29 is 18.3 Å². The summed E-state index contributed by atoms with van der Waals surface area (Å²) in [5.74, 6) is -1.49. The number of rotatable bonds is 5. The van der Waals surface area contributed by atoms with Gasteiger partial charge in [-0.3, -0.25) is 0 Å². The number of benzene rings is 2. The first-order chi connectivity index (χ1) is 12.3. The van der Waals surface area contributed by atoms with Gasteiger partial charge in [-0.2, -0.15) is 0 Å². The molecule has 3 aromatic rings. The first-order valence-electron chi connectivity index (χ1n) is 7.68. The second-order valence-corrected chi connectivity index (χ2v) is 9.25. The number of hydrogen-bond donors (Lipinski definition) is 1. The Labute approximate surface area is 160 Å². The molecule has 4 nitrogen and oxygen atoms in total. The van der Waals surface area contributed by atoms with Gasteiger partial charge in [0.2, 0.25) is 0 Å². The van der Waals surface area contributed by atoms with Crippen LogP contribution in [0.2, 0.25) is 5.02 Å². The summed E-state index contributed by atoms with van der Waals surface area (Å²) in [5, 5.41) is 10.1. The van der Waals surface area contributed by atoms with Crippen molar-refractivity contribution in [2.45, 2.75) is 17.6 Å². The first-order valence-corrected chi connectivity index (χ1v) is 10.5. The van der Waals surface area contributed by atoms with Crippen LogP contribution in [0.5, 0.6) is 0 Å². The fraction of sp³-hybridized carbons (Fsp3) is 0.105. The van der Waals surface area contributed by atoms with E-state index >= 15 is 0 Å². The van der Waals surface area contributed by atoms with E-state index in [1.807, 2.05) is 0 Å². The van der Waals surface area contributed by atoms with Crippen LogP contribution in [0, 0.1) is 6.92 Å². The fourth-order valence-electron chi connectivity index (χ4n) is 2.66. The zero-order valence-electron chi connectivity index (χ0n) is 13.8. The predicted octanol–water partition coefficient (Wildman–Crippen LogP) is 5.05. The molecule has 3 rings (SSSR count). The summed E-state index contributed by atoms with van der Waals surface area (Å²) in [4.78, 5) is 12.5. The molecule has 7 heteroatoms. The largest absolute Gasteiger partial charge is 0.477 e. The molecule has 0 spiro atoms. The van der Waals surface area contributed by atoms with Crippen molar-refractivity contribution in [3.8, 4) is 10.4 Å². The first kappa shape index (κ1) is 18.6. The third kappa shape index (κ3) is 3.82. The highest BCUT2D eigenvalue weighted by Gasteiger charge is 2.24. The normalized spacial score (nSPS) is 11.5. The quantitative estimate of drug-likeness (QED) is 0.643. The second-order valence-electron chi connectivity index (χ2n) is 5.80. The zero-order chi connectivity index (χ0) is 18.9. The van der Waals surface area contributed by atoms with Crippen molar-refractivity contribution in [3.05, 3.63) is 75.6 Å². The summed E-state index contributed by atoms with van der Waals surface area (Å²) < 4.78 is 25.6. The van der Waals surface area contributed by atoms with Gasteiger partial charge in [-0.1, -0.05) is 41.9 Å². The van der Waals surface area contributed by atoms with Gasteiger partial charge in [0, 0.05) is 9.90 Å². The van der Waals surface area contributed by atoms with E-state index in [-0.39, 0.29) is 21.1 Å². The van der Waals surface area contributed by atoms with Crippen molar-refractivity contribution >= 4 is 38.7 Å². The summed E-state index contributed by atoms with van der Waals surface area (Å²) >= 11 is 6.95. The number of halogens is 1. The van der Waals surface area contributed by atoms with E-state index < -0.39 is 15.8 Å². The number of hydrogen-bond acceptors (Lipinski definition) is 4. The summed E-state index contributed by atoms with van der Waals surface area (Å²) in [6, 6.07) is 15.3. The highest BCUT2D eigenvalue weighted by molar-refractivity contribution is 7.90. The van der Waals surface area contributed by atoms with Gasteiger partial charge in [0.15, 0.2) is 9.84 Å². The fourth-order valence-corrected chi connectivity index (χ4v) is 5.54. The minimum Gasteiger partial charge on any atom is -0.477 e. The highest BCUT2D eigenvalue weighted by atomic mass is 35.5. The average molecular weight is 407 g/mol. The maximum absolute atomic E-state index is 12.8. The zero-order valence-corrected chi connectivity index (χ0v) is 16.2. The Morgan fingerprint density at radius 3 is 2.38 bits per heavy atom. The minimum absolute atomic E-state index is 0.0344. The monoisotopic (exact) mass is 406 g/mol. The number of sulfone groups is 1. The van der Waals surface area contributed by atoms with Crippen LogP contribution in [0.1, 0.15) is 20.8 Å². The van der Waals surface area contributed by atoms with E-state index in [1.165, 1.54) is 6.07 Å². The molecule has 0 aliphatic carbocycles. The van der Waals surface area contributed by atoms with Crippen LogP contribution in [-0.2, 0) is 15.6 Å². The molecule has 0 aliphatic rings.